The summed E-state index contributed by atoms with van der Waals surface area (Å²) >= 11 is 0. The number of carboxylic acid groups (broad SMARTS) is 1. The molecule has 0 amide bonds. The Morgan fingerprint density at radius 3 is 2.52 bits per heavy atom. The van der Waals surface area contributed by atoms with Crippen LogP contribution in [0.15, 0.2) is 12.1 Å². The molecule has 29 heavy (non-hydrogen) atoms. The van der Waals surface area contributed by atoms with E-state index in [0.717, 1.165) is 18.4 Å². The fourth-order valence-corrected chi connectivity index (χ4v) is 4.28. The van der Waals surface area contributed by atoms with Crippen molar-refractivity contribution in [1.82, 2.24) is 0 Å². The highest BCUT2D eigenvalue weighted by molar-refractivity contribution is 5.72. The second-order valence-electron chi connectivity index (χ2n) is 9.54. The molecule has 0 radical (unpaired) electrons. The lowest BCUT2D eigenvalue weighted by Gasteiger charge is -2.39. The Bertz CT molecular complexity index is 748. The summed E-state index contributed by atoms with van der Waals surface area (Å²) in [6, 6.07) is 3.94. The van der Waals surface area contributed by atoms with E-state index in [-0.39, 0.29) is 17.8 Å². The summed E-state index contributed by atoms with van der Waals surface area (Å²) in [7, 11) is 0. The lowest BCUT2D eigenvalue weighted by Crippen LogP contribution is -2.36. The van der Waals surface area contributed by atoms with Crippen LogP contribution in [0.1, 0.15) is 104 Å². The van der Waals surface area contributed by atoms with Gasteiger partial charge in [0.1, 0.15) is 17.1 Å². The number of fused-ring (bicyclic) bond motifs is 1. The number of benzene rings is 1. The molecule has 1 unspecified atom stereocenters. The van der Waals surface area contributed by atoms with Gasteiger partial charge in [0.25, 0.3) is 0 Å². The quantitative estimate of drug-likeness (QED) is 0.311. The topological polar surface area (TPSA) is 72.8 Å². The monoisotopic (exact) mass is 404 g/mol. The van der Waals surface area contributed by atoms with Crippen LogP contribution < -0.4 is 9.47 Å². The van der Waals surface area contributed by atoms with Gasteiger partial charge in [-0.3, -0.25) is 9.59 Å². The van der Waals surface area contributed by atoms with Gasteiger partial charge >= 0.3 is 11.9 Å². The van der Waals surface area contributed by atoms with Gasteiger partial charge in [0.15, 0.2) is 0 Å². The molecule has 2 rings (SSSR count). The first-order valence-electron chi connectivity index (χ1n) is 10.7. The smallest absolute Gasteiger partial charge is 0.308 e. The maximum absolute atomic E-state index is 11.8. The third-order valence-corrected chi connectivity index (χ3v) is 5.75. The van der Waals surface area contributed by atoms with Gasteiger partial charge in [0.2, 0.25) is 0 Å². The molecule has 1 aromatic rings. The molecule has 162 valence electrons. The van der Waals surface area contributed by atoms with Crippen molar-refractivity contribution in [3.63, 3.8) is 0 Å². The highest BCUT2D eigenvalue weighted by Gasteiger charge is 2.38. The SMILES string of the molecule is CCCCCCC(C)(C)c1cc(OC(C)=O)c2c(c1)OC(C)(C)CC2CC(=O)O. The van der Waals surface area contributed by atoms with Gasteiger partial charge in [-0.15, -0.1) is 0 Å². The summed E-state index contributed by atoms with van der Waals surface area (Å²) in [5.41, 5.74) is 1.17. The first-order valence-corrected chi connectivity index (χ1v) is 10.7. The molecule has 0 saturated carbocycles. The van der Waals surface area contributed by atoms with Crippen molar-refractivity contribution in [2.24, 2.45) is 0 Å². The number of rotatable bonds is 9. The minimum absolute atomic E-state index is 0.0200. The van der Waals surface area contributed by atoms with Gasteiger partial charge < -0.3 is 14.6 Å². The summed E-state index contributed by atoms with van der Waals surface area (Å²) < 4.78 is 11.8. The predicted molar refractivity (Wildman–Crippen MR) is 114 cm³/mol. The molecular weight excluding hydrogens is 368 g/mol. The number of carboxylic acids is 1. The number of carbonyl (C=O) groups is 2. The van der Waals surface area contributed by atoms with Gasteiger partial charge in [0, 0.05) is 18.4 Å². The molecule has 0 spiro atoms. The van der Waals surface area contributed by atoms with Gasteiger partial charge in [-0.25, -0.2) is 0 Å². The van der Waals surface area contributed by atoms with Crippen LogP contribution in [0.5, 0.6) is 11.5 Å². The molecule has 1 atom stereocenters. The number of hydrogen-bond acceptors (Lipinski definition) is 4. The molecule has 1 N–H and O–H groups in total. The Balaban J connectivity index is 2.49. The van der Waals surface area contributed by atoms with E-state index in [4.69, 9.17) is 9.47 Å². The molecule has 5 nitrogen and oxygen atoms in total. The van der Waals surface area contributed by atoms with Gasteiger partial charge in [-0.05, 0) is 49.8 Å². The average Bonchev–Trinajstić information content (AvgIpc) is 2.56. The minimum Gasteiger partial charge on any atom is -0.487 e. The van der Waals surface area contributed by atoms with Crippen molar-refractivity contribution in [1.29, 1.82) is 0 Å². The van der Waals surface area contributed by atoms with Gasteiger partial charge in [0.05, 0.1) is 6.42 Å². The second-order valence-corrected chi connectivity index (χ2v) is 9.54. The predicted octanol–water partition coefficient (Wildman–Crippen LogP) is 5.98. The molecule has 1 aliphatic rings. The van der Waals surface area contributed by atoms with E-state index in [9.17, 15) is 14.7 Å². The van der Waals surface area contributed by atoms with Crippen LogP contribution in [0.4, 0.5) is 0 Å². The van der Waals surface area contributed by atoms with E-state index >= 15 is 0 Å². The summed E-state index contributed by atoms with van der Waals surface area (Å²) in [5.74, 6) is -0.463. The normalized spacial score (nSPS) is 17.9. The molecule has 1 aromatic carbocycles. The molecule has 0 bridgehead atoms. The number of hydrogen-bond donors (Lipinski definition) is 1. The summed E-state index contributed by atoms with van der Waals surface area (Å²) in [5, 5.41) is 9.41. The lowest BCUT2D eigenvalue weighted by molar-refractivity contribution is -0.137. The standard InChI is InChI=1S/C24H36O5/c1-7-8-9-10-11-23(3,4)18-13-19(28-16(2)25)22-17(12-21(26)27)15-24(5,6)29-20(22)14-18/h13-14,17H,7-12,15H2,1-6H3,(H,26,27). The van der Waals surface area contributed by atoms with Gasteiger partial charge in [-0.1, -0.05) is 46.5 Å². The number of unbranched alkanes of at least 4 members (excludes halogenated alkanes) is 3. The second kappa shape index (κ2) is 9.19. The van der Waals surface area contributed by atoms with E-state index < -0.39 is 17.5 Å². The number of esters is 1. The zero-order chi connectivity index (χ0) is 21.8. The maximum atomic E-state index is 11.8. The van der Waals surface area contributed by atoms with Crippen LogP contribution in [0, 0.1) is 0 Å². The Labute approximate surface area is 174 Å². The first-order chi connectivity index (χ1) is 13.4. The zero-order valence-corrected chi connectivity index (χ0v) is 18.8. The first kappa shape index (κ1) is 23.2. The fraction of sp³-hybridized carbons (Fsp3) is 0.667. The average molecular weight is 405 g/mol. The fourth-order valence-electron chi connectivity index (χ4n) is 4.28. The van der Waals surface area contributed by atoms with Crippen LogP contribution in [0.3, 0.4) is 0 Å². The van der Waals surface area contributed by atoms with Crippen LogP contribution in [0.2, 0.25) is 0 Å². The summed E-state index contributed by atoms with van der Waals surface area (Å²) in [4.78, 5) is 23.3. The molecule has 0 aromatic heterocycles. The van der Waals surface area contributed by atoms with Crippen molar-refractivity contribution in [3.05, 3.63) is 23.3 Å². The summed E-state index contributed by atoms with van der Waals surface area (Å²) in [6.07, 6.45) is 6.32. The van der Waals surface area contributed by atoms with Crippen molar-refractivity contribution < 1.29 is 24.2 Å². The Hall–Kier alpha value is -2.04. The molecule has 0 fully saturated rings. The zero-order valence-electron chi connectivity index (χ0n) is 18.8. The minimum atomic E-state index is -0.868. The Kier molecular flexibility index (Phi) is 7.36. The van der Waals surface area contributed by atoms with Crippen LogP contribution in [0.25, 0.3) is 0 Å². The van der Waals surface area contributed by atoms with Crippen molar-refractivity contribution in [3.8, 4) is 11.5 Å². The molecule has 1 aliphatic heterocycles. The lowest BCUT2D eigenvalue weighted by atomic mass is 9.76. The van der Waals surface area contributed by atoms with E-state index in [1.807, 2.05) is 26.0 Å². The summed E-state index contributed by atoms with van der Waals surface area (Å²) in [6.45, 7) is 11.9. The van der Waals surface area contributed by atoms with E-state index in [2.05, 4.69) is 20.8 Å². The highest BCUT2D eigenvalue weighted by atomic mass is 16.5. The van der Waals surface area contributed by atoms with Gasteiger partial charge in [-0.2, -0.15) is 0 Å². The third kappa shape index (κ3) is 6.22. The van der Waals surface area contributed by atoms with Crippen LogP contribution in [-0.2, 0) is 15.0 Å². The molecule has 5 heteroatoms. The Morgan fingerprint density at radius 2 is 1.93 bits per heavy atom. The van der Waals surface area contributed by atoms with Crippen molar-refractivity contribution >= 4 is 11.9 Å². The highest BCUT2D eigenvalue weighted by Crippen LogP contribution is 2.49. The maximum Gasteiger partial charge on any atom is 0.308 e. The molecule has 0 saturated heterocycles. The van der Waals surface area contributed by atoms with E-state index in [1.165, 1.54) is 26.2 Å². The Morgan fingerprint density at radius 1 is 1.24 bits per heavy atom. The van der Waals surface area contributed by atoms with Crippen molar-refractivity contribution in [2.75, 3.05) is 0 Å². The van der Waals surface area contributed by atoms with E-state index in [1.54, 1.807) is 0 Å². The number of ether oxygens (including phenoxy) is 2. The number of carbonyl (C=O) groups excluding carboxylic acids is 1. The third-order valence-electron chi connectivity index (χ3n) is 5.75. The number of aliphatic carboxylic acids is 1. The van der Waals surface area contributed by atoms with E-state index in [0.29, 0.717) is 23.5 Å². The van der Waals surface area contributed by atoms with Crippen LogP contribution >= 0.6 is 0 Å². The molecule has 1 heterocycles. The molecule has 0 aliphatic carbocycles. The largest absolute Gasteiger partial charge is 0.487 e. The molecular formula is C24H36O5. The van der Waals surface area contributed by atoms with Crippen LogP contribution in [-0.4, -0.2) is 22.6 Å². The van der Waals surface area contributed by atoms with Crippen molar-refractivity contribution in [2.45, 2.75) is 103 Å².